The molecular weight excluding hydrogens is 398 g/mol. The molecule has 3 aromatic rings. The van der Waals surface area contributed by atoms with Crippen molar-refractivity contribution in [2.75, 3.05) is 20.8 Å². The number of carbonyl (C=O) groups excluding carboxylic acids is 1. The standard InChI is InChI=1S/C28H25NO3/c1-31-23-16-21-22(17-24(23)32-2)28(20-12-7-4-8-13-20)18-27(28)14-9-15-29(25(21)27)26(30)19-10-5-3-6-11-19/h3-14,16-17,25H,15,18H2,1-2H3/t25-,27+,28+/m1/s1. The van der Waals surface area contributed by atoms with E-state index in [-0.39, 0.29) is 22.8 Å². The van der Waals surface area contributed by atoms with Crippen molar-refractivity contribution >= 4 is 5.91 Å². The molecule has 4 heteroatoms. The van der Waals surface area contributed by atoms with E-state index in [0.29, 0.717) is 12.3 Å². The molecule has 0 aromatic heterocycles. The van der Waals surface area contributed by atoms with Crippen LogP contribution >= 0.6 is 0 Å². The molecule has 0 unspecified atom stereocenters. The first-order valence-electron chi connectivity index (χ1n) is 11.0. The van der Waals surface area contributed by atoms with Crippen LogP contribution in [0.15, 0.2) is 84.9 Å². The first-order valence-corrected chi connectivity index (χ1v) is 11.0. The smallest absolute Gasteiger partial charge is 0.254 e. The summed E-state index contributed by atoms with van der Waals surface area (Å²) in [4.78, 5) is 15.7. The average Bonchev–Trinajstić information content (AvgIpc) is 3.45. The van der Waals surface area contributed by atoms with Crippen LogP contribution in [-0.2, 0) is 5.41 Å². The van der Waals surface area contributed by atoms with E-state index in [9.17, 15) is 4.79 Å². The van der Waals surface area contributed by atoms with E-state index in [0.717, 1.165) is 23.3 Å². The van der Waals surface area contributed by atoms with Crippen LogP contribution in [0.2, 0.25) is 0 Å². The molecule has 1 saturated carbocycles. The van der Waals surface area contributed by atoms with Gasteiger partial charge in [0.05, 0.1) is 20.3 Å². The molecule has 0 bridgehead atoms. The topological polar surface area (TPSA) is 38.8 Å². The lowest BCUT2D eigenvalue weighted by atomic mass is 9.83. The monoisotopic (exact) mass is 423 g/mol. The van der Waals surface area contributed by atoms with Crippen LogP contribution in [0, 0.1) is 5.41 Å². The highest BCUT2D eigenvalue weighted by molar-refractivity contribution is 5.95. The van der Waals surface area contributed by atoms with Crippen molar-refractivity contribution < 1.29 is 14.3 Å². The summed E-state index contributed by atoms with van der Waals surface area (Å²) in [5, 5.41) is 0. The molecule has 3 atom stereocenters. The number of hydrogen-bond acceptors (Lipinski definition) is 3. The summed E-state index contributed by atoms with van der Waals surface area (Å²) in [6.45, 7) is 0.596. The van der Waals surface area contributed by atoms with Gasteiger partial charge in [-0.15, -0.1) is 0 Å². The number of carbonyl (C=O) groups is 1. The molecule has 2 aliphatic carbocycles. The summed E-state index contributed by atoms with van der Waals surface area (Å²) in [6.07, 6.45) is 5.51. The van der Waals surface area contributed by atoms with Gasteiger partial charge < -0.3 is 14.4 Å². The molecule has 1 amide bonds. The molecular formula is C28H25NO3. The number of methoxy groups -OCH3 is 2. The molecule has 1 spiro atoms. The Labute approximate surface area is 188 Å². The van der Waals surface area contributed by atoms with Crippen LogP contribution in [0.25, 0.3) is 0 Å². The van der Waals surface area contributed by atoms with Crippen molar-refractivity contribution in [3.8, 4) is 11.5 Å². The van der Waals surface area contributed by atoms with Gasteiger partial charge >= 0.3 is 0 Å². The van der Waals surface area contributed by atoms with Gasteiger partial charge in [-0.25, -0.2) is 0 Å². The Morgan fingerprint density at radius 2 is 1.59 bits per heavy atom. The number of hydrogen-bond donors (Lipinski definition) is 0. The normalized spacial score (nSPS) is 26.7. The van der Waals surface area contributed by atoms with E-state index in [4.69, 9.17) is 9.47 Å². The highest BCUT2D eigenvalue weighted by Gasteiger charge is 2.77. The zero-order valence-electron chi connectivity index (χ0n) is 18.2. The number of fused-ring (bicyclic) bond motifs is 3. The van der Waals surface area contributed by atoms with Crippen molar-refractivity contribution in [1.29, 1.82) is 0 Å². The lowest BCUT2D eigenvalue weighted by molar-refractivity contribution is 0.0626. The maximum Gasteiger partial charge on any atom is 0.254 e. The molecule has 4 nitrogen and oxygen atoms in total. The van der Waals surface area contributed by atoms with E-state index in [1.807, 2.05) is 35.2 Å². The van der Waals surface area contributed by atoms with Gasteiger partial charge in [-0.3, -0.25) is 4.79 Å². The van der Waals surface area contributed by atoms with Crippen LogP contribution in [0.4, 0.5) is 0 Å². The molecule has 0 N–H and O–H groups in total. The lowest BCUT2D eigenvalue weighted by Gasteiger charge is -2.38. The summed E-state index contributed by atoms with van der Waals surface area (Å²) < 4.78 is 11.3. The number of ether oxygens (including phenoxy) is 2. The quantitative estimate of drug-likeness (QED) is 0.545. The number of benzene rings is 3. The first-order chi connectivity index (χ1) is 15.7. The lowest BCUT2D eigenvalue weighted by Crippen LogP contribution is -2.41. The van der Waals surface area contributed by atoms with Gasteiger partial charge in [-0.1, -0.05) is 60.7 Å². The summed E-state index contributed by atoms with van der Waals surface area (Å²) in [5.41, 5.74) is 4.08. The van der Waals surface area contributed by atoms with Crippen LogP contribution in [-0.4, -0.2) is 31.6 Å². The largest absolute Gasteiger partial charge is 0.493 e. The second-order valence-corrected chi connectivity index (χ2v) is 8.91. The highest BCUT2D eigenvalue weighted by atomic mass is 16.5. The highest BCUT2D eigenvalue weighted by Crippen LogP contribution is 2.81. The third-order valence-electron chi connectivity index (χ3n) is 7.60. The molecule has 1 fully saturated rings. The molecule has 160 valence electrons. The van der Waals surface area contributed by atoms with Gasteiger partial charge in [-0.05, 0) is 47.4 Å². The number of amides is 1. The Hall–Kier alpha value is -3.53. The third kappa shape index (κ3) is 2.30. The minimum atomic E-state index is -0.167. The SMILES string of the molecule is COc1cc2c(cc1OC)[C@@]1(c3ccccc3)C[C@]13C=CCN(C(=O)c1ccccc1)[C@H]23. The zero-order chi connectivity index (χ0) is 21.9. The molecule has 3 aliphatic rings. The van der Waals surface area contributed by atoms with Gasteiger partial charge in [0.25, 0.3) is 5.91 Å². The predicted molar refractivity (Wildman–Crippen MR) is 123 cm³/mol. The maximum atomic E-state index is 13.7. The second kappa shape index (κ2) is 6.73. The molecule has 1 heterocycles. The zero-order valence-corrected chi connectivity index (χ0v) is 18.2. The van der Waals surface area contributed by atoms with Crippen molar-refractivity contribution in [1.82, 2.24) is 4.90 Å². The molecule has 32 heavy (non-hydrogen) atoms. The van der Waals surface area contributed by atoms with Crippen molar-refractivity contribution in [3.63, 3.8) is 0 Å². The Balaban J connectivity index is 1.57. The molecule has 1 aliphatic heterocycles. The van der Waals surface area contributed by atoms with E-state index in [1.54, 1.807) is 14.2 Å². The number of rotatable bonds is 4. The van der Waals surface area contributed by atoms with Crippen LogP contribution in [0.1, 0.15) is 39.5 Å². The Kier molecular flexibility index (Phi) is 4.03. The Morgan fingerprint density at radius 1 is 0.938 bits per heavy atom. The fourth-order valence-corrected chi connectivity index (χ4v) is 6.25. The Morgan fingerprint density at radius 3 is 2.28 bits per heavy atom. The third-order valence-corrected chi connectivity index (χ3v) is 7.60. The summed E-state index contributed by atoms with van der Waals surface area (Å²) in [7, 11) is 3.34. The second-order valence-electron chi connectivity index (χ2n) is 8.91. The molecule has 6 rings (SSSR count). The van der Waals surface area contributed by atoms with Crippen molar-refractivity contribution in [2.45, 2.75) is 17.9 Å². The van der Waals surface area contributed by atoms with Gasteiger partial charge in [-0.2, -0.15) is 0 Å². The summed E-state index contributed by atoms with van der Waals surface area (Å²) >= 11 is 0. The molecule has 0 saturated heterocycles. The average molecular weight is 424 g/mol. The first kappa shape index (κ1) is 19.2. The fraction of sp³-hybridized carbons (Fsp3) is 0.250. The summed E-state index contributed by atoms with van der Waals surface area (Å²) in [6, 6.07) is 24.4. The van der Waals surface area contributed by atoms with E-state index in [1.165, 1.54) is 11.1 Å². The molecule has 3 aromatic carbocycles. The maximum absolute atomic E-state index is 13.7. The van der Waals surface area contributed by atoms with Crippen LogP contribution in [0.3, 0.4) is 0 Å². The predicted octanol–water partition coefficient (Wildman–Crippen LogP) is 5.15. The van der Waals surface area contributed by atoms with Crippen molar-refractivity contribution in [2.24, 2.45) is 5.41 Å². The van der Waals surface area contributed by atoms with Crippen LogP contribution < -0.4 is 9.47 Å². The Bertz CT molecular complexity index is 1240. The summed E-state index contributed by atoms with van der Waals surface area (Å²) in [5.74, 6) is 1.50. The molecule has 0 radical (unpaired) electrons. The van der Waals surface area contributed by atoms with E-state index >= 15 is 0 Å². The van der Waals surface area contributed by atoms with Gasteiger partial charge in [0.2, 0.25) is 0 Å². The van der Waals surface area contributed by atoms with E-state index in [2.05, 4.69) is 54.6 Å². The fourth-order valence-electron chi connectivity index (χ4n) is 6.25. The minimum absolute atomic E-state index is 0.0461. The van der Waals surface area contributed by atoms with Gasteiger partial charge in [0.1, 0.15) is 0 Å². The minimum Gasteiger partial charge on any atom is -0.493 e. The van der Waals surface area contributed by atoms with Crippen LogP contribution in [0.5, 0.6) is 11.5 Å². The number of nitrogens with zero attached hydrogens (tertiary/aromatic N) is 1. The van der Waals surface area contributed by atoms with Gasteiger partial charge in [0.15, 0.2) is 11.5 Å². The van der Waals surface area contributed by atoms with Gasteiger partial charge in [0, 0.05) is 22.9 Å². The van der Waals surface area contributed by atoms with E-state index < -0.39 is 0 Å². The van der Waals surface area contributed by atoms with Crippen molar-refractivity contribution in [3.05, 3.63) is 107 Å².